The number of carbonyl (C=O) groups is 1. The molecule has 4 heterocycles. The lowest BCUT2D eigenvalue weighted by molar-refractivity contribution is 0.0657. The molecule has 0 aromatic carbocycles. The monoisotopic (exact) mass is 399 g/mol. The van der Waals surface area contributed by atoms with E-state index >= 15 is 0 Å². The number of rotatable bonds is 2. The van der Waals surface area contributed by atoms with Crippen LogP contribution in [0.2, 0.25) is 0 Å². The molecule has 0 radical (unpaired) electrons. The maximum atomic E-state index is 12.7. The summed E-state index contributed by atoms with van der Waals surface area (Å²) in [4.78, 5) is 37.2. The highest BCUT2D eigenvalue weighted by atomic mass is 16.5. The average Bonchev–Trinajstić information content (AvgIpc) is 3.33. The minimum Gasteiger partial charge on any atom is -0.382 e. The maximum absolute atomic E-state index is 12.7. The second-order valence-corrected chi connectivity index (χ2v) is 8.10. The minimum absolute atomic E-state index is 0.0280. The van der Waals surface area contributed by atoms with Crippen molar-refractivity contribution in [1.29, 1.82) is 0 Å². The van der Waals surface area contributed by atoms with Gasteiger partial charge < -0.3 is 20.3 Å². The van der Waals surface area contributed by atoms with E-state index in [-0.39, 0.29) is 16.9 Å². The van der Waals surface area contributed by atoms with Crippen molar-refractivity contribution in [3.05, 3.63) is 33.4 Å². The smallest absolute Gasteiger partial charge is 0.271 e. The van der Waals surface area contributed by atoms with Crippen molar-refractivity contribution in [2.45, 2.75) is 31.1 Å². The molecule has 10 nitrogen and oxygen atoms in total. The molecule has 1 aliphatic carbocycles. The molecule has 154 valence electrons. The number of aromatic amines is 2. The van der Waals surface area contributed by atoms with Gasteiger partial charge in [0.1, 0.15) is 11.5 Å². The number of fused-ring (bicyclic) bond motifs is 2. The minimum atomic E-state index is -0.131. The Kier molecular flexibility index (Phi) is 4.30. The Hall–Kier alpha value is -2.88. The first-order valence-electron chi connectivity index (χ1n) is 10.1. The van der Waals surface area contributed by atoms with Gasteiger partial charge in [-0.3, -0.25) is 19.7 Å². The molecule has 0 atom stereocenters. The summed E-state index contributed by atoms with van der Waals surface area (Å²) >= 11 is 0. The normalized spacial score (nSPS) is 20.8. The fourth-order valence-electron chi connectivity index (χ4n) is 4.81. The van der Waals surface area contributed by atoms with E-state index in [0.717, 1.165) is 50.0 Å². The van der Waals surface area contributed by atoms with Crippen molar-refractivity contribution in [3.63, 3.8) is 0 Å². The number of H-pyrrole nitrogens is 2. The van der Waals surface area contributed by atoms with E-state index in [2.05, 4.69) is 20.1 Å². The van der Waals surface area contributed by atoms with Crippen molar-refractivity contribution in [3.8, 4) is 0 Å². The predicted molar refractivity (Wildman–Crippen MR) is 106 cm³/mol. The van der Waals surface area contributed by atoms with E-state index in [4.69, 9.17) is 15.5 Å². The number of hydrogen-bond acceptors (Lipinski definition) is 7. The van der Waals surface area contributed by atoms with Crippen LogP contribution in [0.25, 0.3) is 0 Å². The molecule has 3 aliphatic rings. The number of likely N-dealkylation sites (tertiary alicyclic amines) is 1. The number of anilines is 2. The fourth-order valence-corrected chi connectivity index (χ4v) is 4.81. The molecule has 0 saturated carbocycles. The van der Waals surface area contributed by atoms with E-state index < -0.39 is 0 Å². The second kappa shape index (κ2) is 6.87. The number of nitrogens with two attached hydrogens (primary N) is 1. The van der Waals surface area contributed by atoms with Gasteiger partial charge in [0.15, 0.2) is 0 Å². The lowest BCUT2D eigenvalue weighted by Crippen LogP contribution is -2.45. The van der Waals surface area contributed by atoms with Gasteiger partial charge >= 0.3 is 0 Å². The molecular formula is C19H25N7O3. The van der Waals surface area contributed by atoms with Gasteiger partial charge in [-0.15, -0.1) is 0 Å². The number of amides is 1. The van der Waals surface area contributed by atoms with Crippen molar-refractivity contribution in [2.75, 3.05) is 50.0 Å². The number of aromatic nitrogens is 4. The standard InChI is InChI=1S/C19H25N7O3/c20-14-11-13(23-24-14)17(28)25-5-3-19(4-6-25)2-1-12-15(19)21-18(22-16(12)27)26-7-9-29-10-8-26/h11H,1-10H2,(H3,20,23,24)(H,21,22,27). The van der Waals surface area contributed by atoms with Crippen LogP contribution in [0.3, 0.4) is 0 Å². The van der Waals surface area contributed by atoms with Gasteiger partial charge in [0, 0.05) is 43.2 Å². The van der Waals surface area contributed by atoms with Crippen LogP contribution in [0, 0.1) is 0 Å². The van der Waals surface area contributed by atoms with Crippen LogP contribution < -0.4 is 16.2 Å². The Morgan fingerprint density at radius 1 is 1.17 bits per heavy atom. The Labute approximate surface area is 167 Å². The van der Waals surface area contributed by atoms with Crippen LogP contribution in [-0.4, -0.2) is 70.4 Å². The van der Waals surface area contributed by atoms with E-state index in [9.17, 15) is 9.59 Å². The number of carbonyl (C=O) groups excluding carboxylic acids is 1. The SMILES string of the molecule is Nc1cc(C(=O)N2CCC3(CCc4c3nc(N3CCOCC3)[nH]c4=O)CC2)[nH]n1. The van der Waals surface area contributed by atoms with Crippen LogP contribution in [0.1, 0.15) is 41.0 Å². The first kappa shape index (κ1) is 18.2. The Bertz CT molecular complexity index is 984. The number of nitrogens with zero attached hydrogens (tertiary/aromatic N) is 4. The topological polar surface area (TPSA) is 133 Å². The summed E-state index contributed by atoms with van der Waals surface area (Å²) in [6.45, 7) is 3.98. The maximum Gasteiger partial charge on any atom is 0.271 e. The third-order valence-electron chi connectivity index (χ3n) is 6.51. The van der Waals surface area contributed by atoms with Crippen LogP contribution in [0.4, 0.5) is 11.8 Å². The summed E-state index contributed by atoms with van der Waals surface area (Å²) < 4.78 is 5.41. The number of nitrogens with one attached hydrogen (secondary N) is 2. The summed E-state index contributed by atoms with van der Waals surface area (Å²) in [7, 11) is 0. The summed E-state index contributed by atoms with van der Waals surface area (Å²) in [6, 6.07) is 1.56. The molecule has 2 aromatic rings. The first-order valence-corrected chi connectivity index (χ1v) is 10.1. The zero-order chi connectivity index (χ0) is 20.0. The van der Waals surface area contributed by atoms with Gasteiger partial charge in [0.05, 0.1) is 18.9 Å². The molecule has 2 saturated heterocycles. The molecule has 29 heavy (non-hydrogen) atoms. The van der Waals surface area contributed by atoms with Crippen molar-refractivity contribution < 1.29 is 9.53 Å². The number of ether oxygens (including phenoxy) is 1. The zero-order valence-corrected chi connectivity index (χ0v) is 16.2. The number of morpholine rings is 1. The molecule has 5 rings (SSSR count). The largest absolute Gasteiger partial charge is 0.382 e. The molecule has 0 unspecified atom stereocenters. The highest BCUT2D eigenvalue weighted by molar-refractivity contribution is 5.93. The van der Waals surface area contributed by atoms with E-state index in [1.54, 1.807) is 6.07 Å². The van der Waals surface area contributed by atoms with Crippen LogP contribution in [0.15, 0.2) is 10.9 Å². The molecule has 2 aliphatic heterocycles. The Morgan fingerprint density at radius 3 is 2.62 bits per heavy atom. The lowest BCUT2D eigenvalue weighted by Gasteiger charge is -2.39. The van der Waals surface area contributed by atoms with Gasteiger partial charge in [0.25, 0.3) is 11.5 Å². The highest BCUT2D eigenvalue weighted by Gasteiger charge is 2.45. The third-order valence-corrected chi connectivity index (χ3v) is 6.51. The van der Waals surface area contributed by atoms with E-state index in [1.807, 2.05) is 4.90 Å². The highest BCUT2D eigenvalue weighted by Crippen LogP contribution is 2.44. The fraction of sp³-hybridized carbons (Fsp3) is 0.579. The van der Waals surface area contributed by atoms with Crippen molar-refractivity contribution >= 4 is 17.7 Å². The van der Waals surface area contributed by atoms with Crippen LogP contribution in [0.5, 0.6) is 0 Å². The number of piperidine rings is 1. The zero-order valence-electron chi connectivity index (χ0n) is 16.2. The van der Waals surface area contributed by atoms with Crippen LogP contribution in [-0.2, 0) is 16.6 Å². The van der Waals surface area contributed by atoms with Gasteiger partial charge in [-0.1, -0.05) is 0 Å². The quantitative estimate of drug-likeness (QED) is 0.649. The molecule has 1 spiro atoms. The Morgan fingerprint density at radius 2 is 1.93 bits per heavy atom. The number of nitrogen functional groups attached to an aromatic ring is 1. The van der Waals surface area contributed by atoms with Gasteiger partial charge in [0.2, 0.25) is 5.95 Å². The molecule has 4 N–H and O–H groups in total. The van der Waals surface area contributed by atoms with Crippen molar-refractivity contribution in [2.24, 2.45) is 0 Å². The molecule has 2 fully saturated rings. The molecular weight excluding hydrogens is 374 g/mol. The van der Waals surface area contributed by atoms with Crippen molar-refractivity contribution in [1.82, 2.24) is 25.1 Å². The molecule has 10 heteroatoms. The molecule has 2 aromatic heterocycles. The molecule has 0 bridgehead atoms. The summed E-state index contributed by atoms with van der Waals surface area (Å²) in [5, 5.41) is 6.53. The predicted octanol–water partition coefficient (Wildman–Crippen LogP) is 0.0320. The second-order valence-electron chi connectivity index (χ2n) is 8.10. The Balaban J connectivity index is 1.38. The first-order chi connectivity index (χ1) is 14.1. The van der Waals surface area contributed by atoms with Gasteiger partial charge in [-0.05, 0) is 25.7 Å². The van der Waals surface area contributed by atoms with Crippen LogP contribution >= 0.6 is 0 Å². The van der Waals surface area contributed by atoms with E-state index in [1.165, 1.54) is 0 Å². The number of hydrogen-bond donors (Lipinski definition) is 3. The van der Waals surface area contributed by atoms with Gasteiger partial charge in [-0.2, -0.15) is 5.10 Å². The summed E-state index contributed by atoms with van der Waals surface area (Å²) in [5.74, 6) is 0.866. The van der Waals surface area contributed by atoms with Gasteiger partial charge in [-0.25, -0.2) is 4.98 Å². The average molecular weight is 399 g/mol. The van der Waals surface area contributed by atoms with E-state index in [0.29, 0.717) is 43.8 Å². The molecule has 1 amide bonds. The summed E-state index contributed by atoms with van der Waals surface area (Å²) in [5.41, 5.74) is 7.61. The summed E-state index contributed by atoms with van der Waals surface area (Å²) in [6.07, 6.45) is 3.25. The lowest BCUT2D eigenvalue weighted by atomic mass is 9.76. The third kappa shape index (κ3) is 3.07.